The molecule has 8 heteroatoms. The van der Waals surface area contributed by atoms with Crippen LogP contribution < -0.4 is 5.73 Å². The van der Waals surface area contributed by atoms with Crippen LogP contribution in [0.5, 0.6) is 0 Å². The Balaban J connectivity index is 3.04. The summed E-state index contributed by atoms with van der Waals surface area (Å²) < 4.78 is 44.9. The van der Waals surface area contributed by atoms with E-state index in [-0.39, 0.29) is 6.61 Å². The Morgan fingerprint density at radius 3 is 2.33 bits per heavy atom. The van der Waals surface area contributed by atoms with Crippen LogP contribution in [0.3, 0.4) is 0 Å². The Kier molecular flexibility index (Phi) is 5.60. The van der Waals surface area contributed by atoms with Gasteiger partial charge in [-0.3, -0.25) is 9.59 Å². The molecule has 0 aromatic heterocycles. The summed E-state index contributed by atoms with van der Waals surface area (Å²) in [5.41, 5.74) is 3.39. The molecule has 21 heavy (non-hydrogen) atoms. The third-order valence-corrected chi connectivity index (χ3v) is 2.58. The van der Waals surface area contributed by atoms with E-state index in [2.05, 4.69) is 4.74 Å². The van der Waals surface area contributed by atoms with E-state index in [1.807, 2.05) is 0 Å². The molecular weight excluding hydrogens is 291 g/mol. The van der Waals surface area contributed by atoms with E-state index >= 15 is 0 Å². The highest BCUT2D eigenvalue weighted by Gasteiger charge is 2.26. The first kappa shape index (κ1) is 16.8. The molecule has 0 saturated carbocycles. The van der Waals surface area contributed by atoms with E-state index in [1.165, 1.54) is 6.92 Å². The Bertz CT molecular complexity index is 602. The van der Waals surface area contributed by atoms with Gasteiger partial charge in [0.1, 0.15) is 5.82 Å². The zero-order valence-corrected chi connectivity index (χ0v) is 11.0. The van der Waals surface area contributed by atoms with E-state index in [1.54, 1.807) is 0 Å². The fraction of sp³-hybridized carbons (Fsp3) is 0.308. The van der Waals surface area contributed by atoms with Gasteiger partial charge in [-0.2, -0.15) is 0 Å². The number of carbonyl (C=O) groups is 3. The van der Waals surface area contributed by atoms with E-state index in [0.717, 1.165) is 0 Å². The number of halogens is 3. The van der Waals surface area contributed by atoms with E-state index in [9.17, 15) is 27.6 Å². The largest absolute Gasteiger partial charge is 0.460 e. The van der Waals surface area contributed by atoms with Crippen LogP contribution in [0.15, 0.2) is 6.07 Å². The third-order valence-electron chi connectivity index (χ3n) is 2.58. The van der Waals surface area contributed by atoms with Crippen molar-refractivity contribution in [2.75, 3.05) is 6.61 Å². The maximum atomic E-state index is 13.6. The van der Waals surface area contributed by atoms with Crippen LogP contribution in [0.4, 0.5) is 13.2 Å². The summed E-state index contributed by atoms with van der Waals surface area (Å²) in [6.45, 7) is 0.773. The normalized spacial score (nSPS) is 10.3. The molecule has 0 aliphatic carbocycles. The lowest BCUT2D eigenvalue weighted by atomic mass is 10.0. The summed E-state index contributed by atoms with van der Waals surface area (Å²) >= 11 is 0. The number of ether oxygens (including phenoxy) is 1. The van der Waals surface area contributed by atoms with Crippen LogP contribution in [0.1, 0.15) is 29.3 Å². The molecule has 0 fully saturated rings. The minimum Gasteiger partial charge on any atom is -0.460 e. The van der Waals surface area contributed by atoms with Gasteiger partial charge in [-0.15, -0.1) is 0 Å². The number of ketones is 2. The lowest BCUT2D eigenvalue weighted by molar-refractivity contribution is -0.153. The number of nitrogens with two attached hydrogens (primary N) is 1. The third kappa shape index (κ3) is 3.66. The summed E-state index contributed by atoms with van der Waals surface area (Å²) in [5, 5.41) is 0. The molecule has 0 bridgehead atoms. The molecule has 0 atom stereocenters. The zero-order valence-electron chi connectivity index (χ0n) is 11.0. The molecule has 1 rings (SSSR count). The van der Waals surface area contributed by atoms with Crippen molar-refractivity contribution in [3.05, 3.63) is 34.6 Å². The summed E-state index contributed by atoms with van der Waals surface area (Å²) in [4.78, 5) is 34.0. The van der Waals surface area contributed by atoms with Crippen molar-refractivity contribution < 1.29 is 32.3 Å². The van der Waals surface area contributed by atoms with Gasteiger partial charge in [0.05, 0.1) is 18.6 Å². The fourth-order valence-corrected chi connectivity index (χ4v) is 1.55. The van der Waals surface area contributed by atoms with Gasteiger partial charge in [0.25, 0.3) is 0 Å². The molecule has 0 aliphatic rings. The van der Waals surface area contributed by atoms with Crippen LogP contribution in [0, 0.1) is 17.5 Å². The standard InChI is InChI=1S/C13H12F3NO4/c1-2-21-13(20)10(19)4-9(18)6-3-8(14)7(5-17)12(16)11(6)15/h3H,2,4-5,17H2,1H3. The van der Waals surface area contributed by atoms with Gasteiger partial charge < -0.3 is 10.5 Å². The van der Waals surface area contributed by atoms with Gasteiger partial charge >= 0.3 is 5.97 Å². The topological polar surface area (TPSA) is 86.5 Å². The fourth-order valence-electron chi connectivity index (χ4n) is 1.55. The summed E-state index contributed by atoms with van der Waals surface area (Å²) in [5.74, 6) is -8.14. The van der Waals surface area contributed by atoms with Crippen molar-refractivity contribution in [3.8, 4) is 0 Å². The van der Waals surface area contributed by atoms with Gasteiger partial charge in [-0.05, 0) is 13.0 Å². The molecule has 0 aliphatic heterocycles. The van der Waals surface area contributed by atoms with Crippen molar-refractivity contribution in [2.45, 2.75) is 19.9 Å². The first-order valence-corrected chi connectivity index (χ1v) is 5.93. The van der Waals surface area contributed by atoms with Crippen LogP contribution in [-0.2, 0) is 20.9 Å². The second-order valence-corrected chi connectivity index (χ2v) is 3.96. The smallest absolute Gasteiger partial charge is 0.375 e. The molecule has 5 nitrogen and oxygen atoms in total. The molecule has 2 N–H and O–H groups in total. The number of esters is 1. The van der Waals surface area contributed by atoms with E-state index < -0.39 is 59.1 Å². The highest BCUT2D eigenvalue weighted by atomic mass is 19.2. The van der Waals surface area contributed by atoms with Gasteiger partial charge in [-0.1, -0.05) is 0 Å². The molecule has 114 valence electrons. The number of hydrogen-bond acceptors (Lipinski definition) is 5. The number of rotatable bonds is 6. The highest BCUT2D eigenvalue weighted by molar-refractivity contribution is 6.38. The lowest BCUT2D eigenvalue weighted by Gasteiger charge is -2.07. The summed E-state index contributed by atoms with van der Waals surface area (Å²) in [6.07, 6.45) is -1.05. The maximum absolute atomic E-state index is 13.6. The Morgan fingerprint density at radius 1 is 1.19 bits per heavy atom. The Hall–Kier alpha value is -2.22. The van der Waals surface area contributed by atoms with Crippen LogP contribution in [-0.4, -0.2) is 24.1 Å². The van der Waals surface area contributed by atoms with Crippen LogP contribution in [0.25, 0.3) is 0 Å². The van der Waals surface area contributed by atoms with Gasteiger partial charge in [-0.25, -0.2) is 18.0 Å². The molecule has 1 aromatic rings. The highest BCUT2D eigenvalue weighted by Crippen LogP contribution is 2.21. The van der Waals surface area contributed by atoms with E-state index in [4.69, 9.17) is 5.73 Å². The zero-order chi connectivity index (χ0) is 16.2. The molecule has 0 amide bonds. The Labute approximate surface area is 117 Å². The van der Waals surface area contributed by atoms with Crippen molar-refractivity contribution in [2.24, 2.45) is 5.73 Å². The van der Waals surface area contributed by atoms with E-state index in [0.29, 0.717) is 6.07 Å². The van der Waals surface area contributed by atoms with Crippen molar-refractivity contribution in [3.63, 3.8) is 0 Å². The molecule has 0 spiro atoms. The average molecular weight is 303 g/mol. The Morgan fingerprint density at radius 2 is 1.81 bits per heavy atom. The minimum atomic E-state index is -1.61. The number of carbonyl (C=O) groups excluding carboxylic acids is 3. The quantitative estimate of drug-likeness (QED) is 0.281. The molecule has 1 aromatic carbocycles. The van der Waals surface area contributed by atoms with Crippen LogP contribution in [0.2, 0.25) is 0 Å². The summed E-state index contributed by atoms with van der Waals surface area (Å²) in [6, 6.07) is 0.446. The molecule has 0 unspecified atom stereocenters. The van der Waals surface area contributed by atoms with Crippen molar-refractivity contribution >= 4 is 17.5 Å². The number of hydrogen-bond donors (Lipinski definition) is 1. The van der Waals surface area contributed by atoms with Gasteiger partial charge in [0.15, 0.2) is 17.4 Å². The first-order chi connectivity index (χ1) is 9.83. The molecule has 0 saturated heterocycles. The lowest BCUT2D eigenvalue weighted by Crippen LogP contribution is -2.21. The molecule has 0 heterocycles. The molecule has 0 radical (unpaired) electrons. The predicted octanol–water partition coefficient (Wildman–Crippen LogP) is 1.27. The molecular formula is C13H12F3NO4. The van der Waals surface area contributed by atoms with Crippen molar-refractivity contribution in [1.29, 1.82) is 0 Å². The van der Waals surface area contributed by atoms with Gasteiger partial charge in [0.2, 0.25) is 5.78 Å². The van der Waals surface area contributed by atoms with Crippen LogP contribution >= 0.6 is 0 Å². The first-order valence-electron chi connectivity index (χ1n) is 5.93. The maximum Gasteiger partial charge on any atom is 0.375 e. The average Bonchev–Trinajstić information content (AvgIpc) is 2.43. The number of benzene rings is 1. The van der Waals surface area contributed by atoms with Crippen molar-refractivity contribution in [1.82, 2.24) is 0 Å². The minimum absolute atomic E-state index is 0.0818. The second-order valence-electron chi connectivity index (χ2n) is 3.96. The monoisotopic (exact) mass is 303 g/mol. The number of Topliss-reactive ketones (excluding diaryl/α,β-unsaturated/α-hetero) is 2. The SMILES string of the molecule is CCOC(=O)C(=O)CC(=O)c1cc(F)c(CN)c(F)c1F. The summed E-state index contributed by atoms with van der Waals surface area (Å²) in [7, 11) is 0. The second kappa shape index (κ2) is 6.98. The van der Waals surface area contributed by atoms with Gasteiger partial charge in [0, 0.05) is 12.1 Å². The predicted molar refractivity (Wildman–Crippen MR) is 64.8 cm³/mol.